The number of pyridine rings is 1. The quantitative estimate of drug-likeness (QED) is 0.590. The van der Waals surface area contributed by atoms with Gasteiger partial charge < -0.3 is 19.3 Å². The van der Waals surface area contributed by atoms with Crippen molar-refractivity contribution in [2.24, 2.45) is 7.05 Å². The largest absolute Gasteiger partial charge is 0.496 e. The van der Waals surface area contributed by atoms with Gasteiger partial charge >= 0.3 is 0 Å². The Balaban J connectivity index is 1.67. The Kier molecular flexibility index (Phi) is 3.92. The molecule has 26 heavy (non-hydrogen) atoms. The maximum absolute atomic E-state index is 5.43. The number of hydrogen-bond acceptors (Lipinski definition) is 7. The van der Waals surface area contributed by atoms with Crippen LogP contribution in [0.4, 0.5) is 11.7 Å². The van der Waals surface area contributed by atoms with Gasteiger partial charge in [0.05, 0.1) is 25.8 Å². The van der Waals surface area contributed by atoms with E-state index in [1.807, 2.05) is 31.3 Å². The fraction of sp³-hybridized carbons (Fsp3) is 0.167. The normalized spacial score (nSPS) is 10.9. The number of nitrogens with zero attached hydrogens (tertiary/aromatic N) is 4. The summed E-state index contributed by atoms with van der Waals surface area (Å²) in [6, 6.07) is 11.2. The third kappa shape index (κ3) is 2.71. The molecule has 0 unspecified atom stereocenters. The molecule has 0 bridgehead atoms. The average Bonchev–Trinajstić information content (AvgIpc) is 3.28. The van der Waals surface area contributed by atoms with E-state index < -0.39 is 0 Å². The van der Waals surface area contributed by atoms with Crippen LogP contribution in [-0.4, -0.2) is 34.1 Å². The van der Waals surface area contributed by atoms with E-state index in [1.54, 1.807) is 37.2 Å². The molecular formula is C18H17N5O3. The first-order valence-electron chi connectivity index (χ1n) is 7.93. The van der Waals surface area contributed by atoms with E-state index in [0.717, 1.165) is 16.7 Å². The van der Waals surface area contributed by atoms with Crippen LogP contribution in [0.2, 0.25) is 0 Å². The molecule has 132 valence electrons. The molecule has 0 saturated carbocycles. The van der Waals surface area contributed by atoms with Gasteiger partial charge in [-0.25, -0.2) is 4.98 Å². The highest BCUT2D eigenvalue weighted by molar-refractivity contribution is 5.84. The van der Waals surface area contributed by atoms with Gasteiger partial charge in [-0.1, -0.05) is 17.3 Å². The molecule has 0 aliphatic heterocycles. The summed E-state index contributed by atoms with van der Waals surface area (Å²) in [7, 11) is 5.06. The number of nitrogens with one attached hydrogen (secondary N) is 1. The summed E-state index contributed by atoms with van der Waals surface area (Å²) >= 11 is 0. The minimum absolute atomic E-state index is 0.460. The SMILES string of the molecule is COc1ccccc1-c1cc(Nc2cc(OC)c3cnn(C)c3n2)on1. The van der Waals surface area contributed by atoms with Crippen LogP contribution in [-0.2, 0) is 7.05 Å². The van der Waals surface area contributed by atoms with Crippen LogP contribution in [0.3, 0.4) is 0 Å². The zero-order valence-electron chi connectivity index (χ0n) is 14.6. The number of aryl methyl sites for hydroxylation is 1. The molecule has 0 saturated heterocycles. The number of aromatic nitrogens is 4. The molecule has 0 amide bonds. The second kappa shape index (κ2) is 6.40. The monoisotopic (exact) mass is 351 g/mol. The van der Waals surface area contributed by atoms with Crippen LogP contribution in [0.15, 0.2) is 47.1 Å². The molecule has 0 aliphatic rings. The van der Waals surface area contributed by atoms with Crippen molar-refractivity contribution in [3.8, 4) is 22.8 Å². The topological polar surface area (TPSA) is 87.2 Å². The minimum Gasteiger partial charge on any atom is -0.496 e. The third-order valence-electron chi connectivity index (χ3n) is 4.03. The molecule has 0 radical (unpaired) electrons. The Morgan fingerprint density at radius 1 is 1.08 bits per heavy atom. The summed E-state index contributed by atoms with van der Waals surface area (Å²) in [6.45, 7) is 0. The number of para-hydroxylation sites is 1. The smallest absolute Gasteiger partial charge is 0.230 e. The Labute approximate surface area is 149 Å². The number of benzene rings is 1. The van der Waals surface area contributed by atoms with Gasteiger partial charge in [0.1, 0.15) is 23.0 Å². The number of ether oxygens (including phenoxy) is 2. The van der Waals surface area contributed by atoms with Crippen molar-refractivity contribution in [3.63, 3.8) is 0 Å². The van der Waals surface area contributed by atoms with E-state index >= 15 is 0 Å². The molecule has 1 N–H and O–H groups in total. The van der Waals surface area contributed by atoms with Crippen LogP contribution < -0.4 is 14.8 Å². The summed E-state index contributed by atoms with van der Waals surface area (Å²) in [5, 5.41) is 12.3. The van der Waals surface area contributed by atoms with Gasteiger partial charge in [-0.2, -0.15) is 5.10 Å². The lowest BCUT2D eigenvalue weighted by Crippen LogP contribution is -1.98. The standard InChI is InChI=1S/C18H17N5O3/c1-23-18-12(10-19-23)15(25-3)9-16(21-18)20-17-8-13(22-26-17)11-6-4-5-7-14(11)24-2/h4-10H,1-3H3,(H,20,21). The molecule has 0 spiro atoms. The second-order valence-electron chi connectivity index (χ2n) is 5.62. The van der Waals surface area contributed by atoms with E-state index in [9.17, 15) is 0 Å². The first-order valence-corrected chi connectivity index (χ1v) is 7.93. The van der Waals surface area contributed by atoms with Crippen molar-refractivity contribution in [3.05, 3.63) is 42.6 Å². The molecule has 3 aromatic heterocycles. The lowest BCUT2D eigenvalue weighted by molar-refractivity contribution is 0.413. The highest BCUT2D eigenvalue weighted by Crippen LogP contribution is 2.32. The molecule has 8 heteroatoms. The maximum atomic E-state index is 5.43. The zero-order chi connectivity index (χ0) is 18.1. The zero-order valence-corrected chi connectivity index (χ0v) is 14.6. The minimum atomic E-state index is 0.460. The Bertz CT molecular complexity index is 1070. The van der Waals surface area contributed by atoms with Crippen LogP contribution in [0, 0.1) is 0 Å². The van der Waals surface area contributed by atoms with Crippen LogP contribution in [0.5, 0.6) is 11.5 Å². The molecule has 4 aromatic rings. The summed E-state index contributed by atoms with van der Waals surface area (Å²) < 4.78 is 17.9. The number of hydrogen-bond donors (Lipinski definition) is 1. The Hall–Kier alpha value is -3.55. The van der Waals surface area contributed by atoms with Gasteiger partial charge in [0, 0.05) is 24.7 Å². The molecule has 0 aliphatic carbocycles. The van der Waals surface area contributed by atoms with Gasteiger partial charge in [-0.05, 0) is 12.1 Å². The maximum Gasteiger partial charge on any atom is 0.230 e. The molecule has 0 atom stereocenters. The highest BCUT2D eigenvalue weighted by Gasteiger charge is 2.14. The van der Waals surface area contributed by atoms with Crippen molar-refractivity contribution < 1.29 is 14.0 Å². The third-order valence-corrected chi connectivity index (χ3v) is 4.03. The van der Waals surface area contributed by atoms with Crippen LogP contribution in [0.25, 0.3) is 22.3 Å². The van der Waals surface area contributed by atoms with Gasteiger partial charge in [0.25, 0.3) is 0 Å². The first kappa shape index (κ1) is 15.9. The Morgan fingerprint density at radius 2 is 1.88 bits per heavy atom. The fourth-order valence-corrected chi connectivity index (χ4v) is 2.76. The lowest BCUT2D eigenvalue weighted by atomic mass is 10.1. The Morgan fingerprint density at radius 3 is 2.69 bits per heavy atom. The number of methoxy groups -OCH3 is 2. The second-order valence-corrected chi connectivity index (χ2v) is 5.62. The van der Waals surface area contributed by atoms with E-state index in [2.05, 4.69) is 20.6 Å². The first-order chi connectivity index (χ1) is 12.7. The molecule has 1 aromatic carbocycles. The van der Waals surface area contributed by atoms with E-state index in [0.29, 0.717) is 28.8 Å². The van der Waals surface area contributed by atoms with Crippen molar-refractivity contribution in [2.45, 2.75) is 0 Å². The molecule has 8 nitrogen and oxygen atoms in total. The lowest BCUT2D eigenvalue weighted by Gasteiger charge is -2.06. The number of fused-ring (bicyclic) bond motifs is 1. The predicted octanol–water partition coefficient (Wildman–Crippen LogP) is 3.38. The van der Waals surface area contributed by atoms with Crippen molar-refractivity contribution in [1.29, 1.82) is 0 Å². The summed E-state index contributed by atoms with van der Waals surface area (Å²) in [5.74, 6) is 2.43. The van der Waals surface area contributed by atoms with Crippen molar-refractivity contribution in [1.82, 2.24) is 19.9 Å². The summed E-state index contributed by atoms with van der Waals surface area (Å²) in [6.07, 6.45) is 1.72. The number of rotatable bonds is 5. The van der Waals surface area contributed by atoms with Gasteiger partial charge in [0.2, 0.25) is 5.88 Å². The molecule has 0 fully saturated rings. The van der Waals surface area contributed by atoms with E-state index in [-0.39, 0.29) is 0 Å². The van der Waals surface area contributed by atoms with Crippen molar-refractivity contribution in [2.75, 3.05) is 19.5 Å². The molecule has 3 heterocycles. The van der Waals surface area contributed by atoms with Gasteiger partial charge in [-0.3, -0.25) is 4.68 Å². The van der Waals surface area contributed by atoms with Gasteiger partial charge in [0.15, 0.2) is 5.65 Å². The van der Waals surface area contributed by atoms with Crippen molar-refractivity contribution >= 4 is 22.7 Å². The molecular weight excluding hydrogens is 334 g/mol. The fourth-order valence-electron chi connectivity index (χ4n) is 2.76. The van der Waals surface area contributed by atoms with Gasteiger partial charge in [-0.15, -0.1) is 0 Å². The van der Waals surface area contributed by atoms with E-state index in [4.69, 9.17) is 14.0 Å². The summed E-state index contributed by atoms with van der Waals surface area (Å²) in [5.41, 5.74) is 2.22. The van der Waals surface area contributed by atoms with Crippen LogP contribution in [0.1, 0.15) is 0 Å². The molecule has 4 rings (SSSR count). The predicted molar refractivity (Wildman–Crippen MR) is 96.8 cm³/mol. The average molecular weight is 351 g/mol. The number of anilines is 2. The van der Waals surface area contributed by atoms with Crippen LogP contribution >= 0.6 is 0 Å². The van der Waals surface area contributed by atoms with E-state index in [1.165, 1.54) is 0 Å². The summed E-state index contributed by atoms with van der Waals surface area (Å²) in [4.78, 5) is 4.55. The highest BCUT2D eigenvalue weighted by atomic mass is 16.5.